The number of aryl methyl sites for hydroxylation is 1. The van der Waals surface area contributed by atoms with E-state index in [4.69, 9.17) is 9.84 Å². The van der Waals surface area contributed by atoms with E-state index in [1.807, 2.05) is 12.1 Å². The van der Waals surface area contributed by atoms with E-state index in [1.165, 1.54) is 11.4 Å². The average molecular weight is 270 g/mol. The van der Waals surface area contributed by atoms with Gasteiger partial charge >= 0.3 is 0 Å². The monoisotopic (exact) mass is 270 g/mol. The predicted molar refractivity (Wildman–Crippen MR) is 81.0 cm³/mol. The minimum atomic E-state index is 0.476. The third-order valence-corrected chi connectivity index (χ3v) is 4.20. The Balaban J connectivity index is 2.09. The van der Waals surface area contributed by atoms with E-state index in [2.05, 4.69) is 43.7 Å². The molecule has 0 amide bonds. The first-order chi connectivity index (χ1) is 9.66. The summed E-state index contributed by atoms with van der Waals surface area (Å²) in [7, 11) is 0. The number of hydrogen-bond acceptors (Lipinski definition) is 2. The molecule has 20 heavy (non-hydrogen) atoms. The summed E-state index contributed by atoms with van der Waals surface area (Å²) >= 11 is 0. The first kappa shape index (κ1) is 13.2. The zero-order chi connectivity index (χ0) is 14.1. The van der Waals surface area contributed by atoms with Crippen LogP contribution in [-0.2, 0) is 6.54 Å². The Morgan fingerprint density at radius 2 is 2.00 bits per heavy atom. The van der Waals surface area contributed by atoms with Crippen molar-refractivity contribution in [3.8, 4) is 17.0 Å². The molecule has 0 radical (unpaired) electrons. The Bertz CT molecular complexity index is 601. The number of nitrogens with zero attached hydrogens (tertiary/aromatic N) is 2. The van der Waals surface area contributed by atoms with Gasteiger partial charge in [0, 0.05) is 24.4 Å². The number of aromatic nitrogens is 2. The van der Waals surface area contributed by atoms with Crippen LogP contribution in [-0.4, -0.2) is 16.4 Å². The molecule has 0 N–H and O–H groups in total. The zero-order valence-corrected chi connectivity index (χ0v) is 12.5. The molecule has 3 nitrogen and oxygen atoms in total. The van der Waals surface area contributed by atoms with Crippen LogP contribution in [0, 0.1) is 5.92 Å². The second-order valence-electron chi connectivity index (χ2n) is 5.91. The lowest BCUT2D eigenvalue weighted by Crippen LogP contribution is -2.11. The van der Waals surface area contributed by atoms with Crippen LogP contribution >= 0.6 is 0 Å². The molecular formula is C17H22N2O. The quantitative estimate of drug-likeness (QED) is 0.821. The van der Waals surface area contributed by atoms with Gasteiger partial charge in [0.25, 0.3) is 0 Å². The summed E-state index contributed by atoms with van der Waals surface area (Å²) in [4.78, 5) is 0. The molecule has 1 atom stereocenters. The molecule has 3 rings (SSSR count). The lowest BCUT2D eigenvalue weighted by atomic mass is 9.94. The predicted octanol–water partition coefficient (Wildman–Crippen LogP) is 4.09. The fraction of sp³-hybridized carbons (Fsp3) is 0.471. The van der Waals surface area contributed by atoms with Gasteiger partial charge in [-0.15, -0.1) is 0 Å². The molecule has 106 valence electrons. The highest BCUT2D eigenvalue weighted by Gasteiger charge is 2.20. The first-order valence-corrected chi connectivity index (χ1v) is 7.47. The summed E-state index contributed by atoms with van der Waals surface area (Å²) in [5.74, 6) is 2.05. The smallest absolute Gasteiger partial charge is 0.128 e. The molecule has 1 aromatic carbocycles. The van der Waals surface area contributed by atoms with Crippen molar-refractivity contribution in [3.05, 3.63) is 36.0 Å². The highest BCUT2D eigenvalue weighted by molar-refractivity contribution is 5.68. The number of para-hydroxylation sites is 1. The number of ether oxygens (including phenoxy) is 1. The number of benzene rings is 1. The summed E-state index contributed by atoms with van der Waals surface area (Å²) in [6.45, 7) is 8.43. The first-order valence-electron chi connectivity index (χ1n) is 7.47. The van der Waals surface area contributed by atoms with Crippen LogP contribution in [0.25, 0.3) is 11.3 Å². The normalized spacial score (nSPS) is 15.8. The largest absolute Gasteiger partial charge is 0.493 e. The van der Waals surface area contributed by atoms with Gasteiger partial charge in [-0.05, 0) is 24.1 Å². The Hall–Kier alpha value is -1.77. The highest BCUT2D eigenvalue weighted by atomic mass is 16.5. The molecule has 2 aromatic rings. The molecule has 1 aromatic heterocycles. The van der Waals surface area contributed by atoms with E-state index in [-0.39, 0.29) is 0 Å². The number of fused-ring (bicyclic) bond motifs is 3. The summed E-state index contributed by atoms with van der Waals surface area (Å²) in [6.07, 6.45) is 0.999. The van der Waals surface area contributed by atoms with Gasteiger partial charge < -0.3 is 4.74 Å². The van der Waals surface area contributed by atoms with E-state index >= 15 is 0 Å². The lowest BCUT2D eigenvalue weighted by molar-refractivity contribution is 0.295. The van der Waals surface area contributed by atoms with Crippen LogP contribution in [0.2, 0.25) is 0 Å². The molecule has 0 fully saturated rings. The van der Waals surface area contributed by atoms with Crippen molar-refractivity contribution in [2.45, 2.75) is 39.7 Å². The molecule has 0 saturated carbocycles. The fourth-order valence-electron chi connectivity index (χ4n) is 2.59. The zero-order valence-electron chi connectivity index (χ0n) is 12.5. The SMILES string of the molecule is CC(C)C(C)c1cc2n(n1)CCCOc1ccccc1-2. The van der Waals surface area contributed by atoms with Crippen LogP contribution in [0.4, 0.5) is 0 Å². The van der Waals surface area contributed by atoms with E-state index in [9.17, 15) is 0 Å². The van der Waals surface area contributed by atoms with Gasteiger partial charge in [-0.3, -0.25) is 4.68 Å². The van der Waals surface area contributed by atoms with Crippen LogP contribution in [0.1, 0.15) is 38.8 Å². The maximum atomic E-state index is 5.86. The molecule has 1 unspecified atom stereocenters. The van der Waals surface area contributed by atoms with Crippen LogP contribution in [0.3, 0.4) is 0 Å². The van der Waals surface area contributed by atoms with Crippen LogP contribution in [0.5, 0.6) is 5.75 Å². The van der Waals surface area contributed by atoms with Gasteiger partial charge in [-0.1, -0.05) is 32.9 Å². The third-order valence-electron chi connectivity index (χ3n) is 4.20. The van der Waals surface area contributed by atoms with Gasteiger partial charge in [0.05, 0.1) is 18.0 Å². The number of hydrogen-bond donors (Lipinski definition) is 0. The molecule has 0 bridgehead atoms. The second-order valence-corrected chi connectivity index (χ2v) is 5.91. The van der Waals surface area contributed by atoms with Gasteiger partial charge in [-0.2, -0.15) is 5.10 Å². The van der Waals surface area contributed by atoms with Crippen molar-refractivity contribution in [2.75, 3.05) is 6.61 Å². The van der Waals surface area contributed by atoms with Gasteiger partial charge in [0.2, 0.25) is 0 Å². The van der Waals surface area contributed by atoms with E-state index < -0.39 is 0 Å². The minimum Gasteiger partial charge on any atom is -0.493 e. The van der Waals surface area contributed by atoms with Gasteiger partial charge in [-0.25, -0.2) is 0 Å². The molecule has 0 saturated heterocycles. The Labute approximate surface area is 120 Å². The summed E-state index contributed by atoms with van der Waals surface area (Å²) in [5, 5.41) is 4.83. The van der Waals surface area contributed by atoms with Crippen molar-refractivity contribution in [3.63, 3.8) is 0 Å². The maximum Gasteiger partial charge on any atom is 0.128 e. The van der Waals surface area contributed by atoms with Crippen molar-refractivity contribution in [1.82, 2.24) is 9.78 Å². The molecule has 3 heteroatoms. The average Bonchev–Trinajstić information content (AvgIpc) is 2.84. The van der Waals surface area contributed by atoms with Gasteiger partial charge in [0.1, 0.15) is 5.75 Å². The molecule has 1 aliphatic rings. The van der Waals surface area contributed by atoms with E-state index in [1.54, 1.807) is 0 Å². The number of rotatable bonds is 2. The van der Waals surface area contributed by atoms with Crippen molar-refractivity contribution < 1.29 is 4.74 Å². The molecule has 0 spiro atoms. The minimum absolute atomic E-state index is 0.476. The van der Waals surface area contributed by atoms with Crippen LogP contribution < -0.4 is 4.74 Å². The molecule has 2 heterocycles. The van der Waals surface area contributed by atoms with Gasteiger partial charge in [0.15, 0.2) is 0 Å². The summed E-state index contributed by atoms with van der Waals surface area (Å²) in [6, 6.07) is 10.5. The van der Waals surface area contributed by atoms with Crippen molar-refractivity contribution >= 4 is 0 Å². The maximum absolute atomic E-state index is 5.86. The Kier molecular flexibility index (Phi) is 3.51. The molecule has 1 aliphatic heterocycles. The van der Waals surface area contributed by atoms with Crippen LogP contribution in [0.15, 0.2) is 30.3 Å². The highest BCUT2D eigenvalue weighted by Crippen LogP contribution is 2.34. The Morgan fingerprint density at radius 3 is 2.80 bits per heavy atom. The molecular weight excluding hydrogens is 248 g/mol. The van der Waals surface area contributed by atoms with E-state index in [0.717, 1.165) is 30.9 Å². The summed E-state index contributed by atoms with van der Waals surface area (Å²) in [5.41, 5.74) is 3.52. The van der Waals surface area contributed by atoms with Crippen molar-refractivity contribution in [2.24, 2.45) is 5.92 Å². The fourth-order valence-corrected chi connectivity index (χ4v) is 2.59. The second kappa shape index (κ2) is 5.31. The summed E-state index contributed by atoms with van der Waals surface area (Å²) < 4.78 is 8.01. The topological polar surface area (TPSA) is 27.1 Å². The Morgan fingerprint density at radius 1 is 1.20 bits per heavy atom. The lowest BCUT2D eigenvalue weighted by Gasteiger charge is -2.16. The van der Waals surface area contributed by atoms with Crippen molar-refractivity contribution in [1.29, 1.82) is 0 Å². The standard InChI is InChI=1S/C17H22N2O/c1-12(2)13(3)15-11-16-14-7-4-5-8-17(14)20-10-6-9-19(16)18-15/h4-5,7-8,11-13H,6,9-10H2,1-3H3. The van der Waals surface area contributed by atoms with E-state index in [0.29, 0.717) is 11.8 Å². The third kappa shape index (κ3) is 2.33. The molecule has 0 aliphatic carbocycles.